The molecule has 21 heavy (non-hydrogen) atoms. The van der Waals surface area contributed by atoms with Gasteiger partial charge in [-0.3, -0.25) is 0 Å². The predicted molar refractivity (Wildman–Crippen MR) is 82.6 cm³/mol. The third kappa shape index (κ3) is 3.17. The van der Waals surface area contributed by atoms with Crippen LogP contribution in [0.2, 0.25) is 0 Å². The zero-order valence-corrected chi connectivity index (χ0v) is 13.2. The first-order valence-corrected chi connectivity index (χ1v) is 7.66. The molecule has 1 aromatic heterocycles. The largest absolute Gasteiger partial charge is 0.496 e. The number of hydrogen-bond donors (Lipinski definition) is 0. The van der Waals surface area contributed by atoms with E-state index in [1.165, 1.54) is 11.8 Å². The fourth-order valence-corrected chi connectivity index (χ4v) is 3.11. The summed E-state index contributed by atoms with van der Waals surface area (Å²) < 4.78 is 5.34. The molecule has 0 saturated heterocycles. The minimum Gasteiger partial charge on any atom is -0.496 e. The number of methoxy groups -OCH3 is 1. The Morgan fingerprint density at radius 2 is 1.95 bits per heavy atom. The van der Waals surface area contributed by atoms with Gasteiger partial charge in [0.05, 0.1) is 23.3 Å². The van der Waals surface area contributed by atoms with Gasteiger partial charge in [0.1, 0.15) is 16.8 Å². The summed E-state index contributed by atoms with van der Waals surface area (Å²) in [5, 5.41) is 18.6. The molecule has 2 aromatic rings. The molecular weight excluding hydrogens is 282 g/mol. The van der Waals surface area contributed by atoms with Crippen LogP contribution in [0.3, 0.4) is 0 Å². The Morgan fingerprint density at radius 1 is 1.19 bits per heavy atom. The topological polar surface area (TPSA) is 58.8 Å². The SMILES string of the molecule is CCc1nnc(Sc2ccccc2OC)c(C#N)c1CC. The van der Waals surface area contributed by atoms with Crippen LogP contribution in [0.25, 0.3) is 0 Å². The van der Waals surface area contributed by atoms with E-state index in [2.05, 4.69) is 16.3 Å². The van der Waals surface area contributed by atoms with E-state index < -0.39 is 0 Å². The molecule has 5 heteroatoms. The summed E-state index contributed by atoms with van der Waals surface area (Å²) >= 11 is 1.42. The molecular formula is C16H17N3OS. The first kappa shape index (κ1) is 15.3. The second-order valence-corrected chi connectivity index (χ2v) is 5.41. The number of ether oxygens (including phenoxy) is 1. The Hall–Kier alpha value is -2.06. The second kappa shape index (κ2) is 7.09. The van der Waals surface area contributed by atoms with E-state index in [1.807, 2.05) is 38.1 Å². The van der Waals surface area contributed by atoms with Crippen LogP contribution in [0, 0.1) is 11.3 Å². The summed E-state index contributed by atoms with van der Waals surface area (Å²) in [6.45, 7) is 4.06. The van der Waals surface area contributed by atoms with E-state index in [-0.39, 0.29) is 0 Å². The summed E-state index contributed by atoms with van der Waals surface area (Å²) in [4.78, 5) is 0.928. The molecule has 2 rings (SSSR count). The quantitative estimate of drug-likeness (QED) is 0.843. The number of benzene rings is 1. The highest BCUT2D eigenvalue weighted by atomic mass is 32.2. The van der Waals surface area contributed by atoms with Gasteiger partial charge in [0.15, 0.2) is 0 Å². The average Bonchev–Trinajstić information content (AvgIpc) is 2.54. The fraction of sp³-hybridized carbons (Fsp3) is 0.312. The molecule has 0 saturated carbocycles. The molecule has 108 valence electrons. The normalized spacial score (nSPS) is 10.2. The lowest BCUT2D eigenvalue weighted by Crippen LogP contribution is -2.04. The molecule has 0 amide bonds. The van der Waals surface area contributed by atoms with Crippen LogP contribution >= 0.6 is 11.8 Å². The summed E-state index contributed by atoms with van der Waals surface area (Å²) in [5.41, 5.74) is 2.52. The number of hydrogen-bond acceptors (Lipinski definition) is 5. The zero-order chi connectivity index (χ0) is 15.2. The van der Waals surface area contributed by atoms with Gasteiger partial charge in [-0.2, -0.15) is 10.4 Å². The van der Waals surface area contributed by atoms with Crippen LogP contribution < -0.4 is 4.74 Å². The minimum absolute atomic E-state index is 0.625. The number of nitrogens with zero attached hydrogens (tertiary/aromatic N) is 3. The van der Waals surface area contributed by atoms with Crippen molar-refractivity contribution in [3.63, 3.8) is 0 Å². The molecule has 4 nitrogen and oxygen atoms in total. The molecule has 0 radical (unpaired) electrons. The van der Waals surface area contributed by atoms with Gasteiger partial charge in [0.25, 0.3) is 0 Å². The van der Waals surface area contributed by atoms with Crippen molar-refractivity contribution in [2.75, 3.05) is 7.11 Å². The molecule has 0 unspecified atom stereocenters. The maximum atomic E-state index is 9.49. The number of aromatic nitrogens is 2. The molecule has 0 aliphatic rings. The number of nitriles is 1. The third-order valence-corrected chi connectivity index (χ3v) is 4.24. The van der Waals surface area contributed by atoms with Gasteiger partial charge in [-0.25, -0.2) is 0 Å². The molecule has 0 N–H and O–H groups in total. The van der Waals surface area contributed by atoms with Crippen molar-refractivity contribution in [1.82, 2.24) is 10.2 Å². The van der Waals surface area contributed by atoms with E-state index in [0.29, 0.717) is 10.6 Å². The van der Waals surface area contributed by atoms with Gasteiger partial charge in [-0.15, -0.1) is 5.10 Å². The third-order valence-electron chi connectivity index (χ3n) is 3.20. The van der Waals surface area contributed by atoms with E-state index in [1.54, 1.807) is 7.11 Å². The highest BCUT2D eigenvalue weighted by Gasteiger charge is 2.16. The molecule has 0 aliphatic heterocycles. The highest BCUT2D eigenvalue weighted by molar-refractivity contribution is 7.99. The van der Waals surface area contributed by atoms with Crippen molar-refractivity contribution in [2.24, 2.45) is 0 Å². The minimum atomic E-state index is 0.625. The summed E-state index contributed by atoms with van der Waals surface area (Å²) in [6, 6.07) is 9.98. The first-order valence-electron chi connectivity index (χ1n) is 6.84. The summed E-state index contributed by atoms with van der Waals surface area (Å²) in [7, 11) is 1.63. The zero-order valence-electron chi connectivity index (χ0n) is 12.4. The molecule has 0 spiro atoms. The maximum absolute atomic E-state index is 9.49. The van der Waals surface area contributed by atoms with Crippen molar-refractivity contribution < 1.29 is 4.74 Å². The first-order chi connectivity index (χ1) is 10.2. The molecule has 0 bridgehead atoms. The standard InChI is InChI=1S/C16H17N3OS/c1-4-11-12(10-17)16(19-18-13(11)5-2)21-15-9-7-6-8-14(15)20-3/h6-9H,4-5H2,1-3H3. The van der Waals surface area contributed by atoms with Crippen LogP contribution in [0.15, 0.2) is 34.2 Å². The van der Waals surface area contributed by atoms with Crippen molar-refractivity contribution >= 4 is 11.8 Å². The number of rotatable bonds is 5. The monoisotopic (exact) mass is 299 g/mol. The molecule has 0 atom stereocenters. The van der Waals surface area contributed by atoms with Gasteiger partial charge in [0, 0.05) is 0 Å². The summed E-state index contributed by atoms with van der Waals surface area (Å²) in [6.07, 6.45) is 1.56. The summed E-state index contributed by atoms with van der Waals surface area (Å²) in [5.74, 6) is 0.769. The molecule has 0 aliphatic carbocycles. The lowest BCUT2D eigenvalue weighted by Gasteiger charge is -2.11. The van der Waals surface area contributed by atoms with Crippen LogP contribution in [0.4, 0.5) is 0 Å². The van der Waals surface area contributed by atoms with Crippen LogP contribution in [0.5, 0.6) is 5.75 Å². The van der Waals surface area contributed by atoms with Gasteiger partial charge < -0.3 is 4.74 Å². The smallest absolute Gasteiger partial charge is 0.142 e. The second-order valence-electron chi connectivity index (χ2n) is 4.38. The van der Waals surface area contributed by atoms with Gasteiger partial charge in [0.2, 0.25) is 0 Å². The Morgan fingerprint density at radius 3 is 2.57 bits per heavy atom. The van der Waals surface area contributed by atoms with Crippen molar-refractivity contribution in [2.45, 2.75) is 36.6 Å². The average molecular weight is 299 g/mol. The Bertz CT molecular complexity index is 680. The van der Waals surface area contributed by atoms with Crippen LogP contribution in [0.1, 0.15) is 30.7 Å². The van der Waals surface area contributed by atoms with Gasteiger partial charge >= 0.3 is 0 Å². The lowest BCUT2D eigenvalue weighted by molar-refractivity contribution is 0.405. The lowest BCUT2D eigenvalue weighted by atomic mass is 10.1. The molecule has 0 fully saturated rings. The van der Waals surface area contributed by atoms with E-state index in [0.717, 1.165) is 34.7 Å². The Labute approximate surface area is 129 Å². The number of aryl methyl sites for hydroxylation is 1. The highest BCUT2D eigenvalue weighted by Crippen LogP contribution is 2.36. The fourth-order valence-electron chi connectivity index (χ4n) is 2.15. The van der Waals surface area contributed by atoms with Crippen molar-refractivity contribution in [3.8, 4) is 11.8 Å². The van der Waals surface area contributed by atoms with Crippen LogP contribution in [-0.2, 0) is 12.8 Å². The van der Waals surface area contributed by atoms with E-state index in [9.17, 15) is 5.26 Å². The van der Waals surface area contributed by atoms with Crippen LogP contribution in [-0.4, -0.2) is 17.3 Å². The number of para-hydroxylation sites is 1. The molecule has 1 heterocycles. The van der Waals surface area contributed by atoms with E-state index in [4.69, 9.17) is 4.74 Å². The predicted octanol–water partition coefficient (Wildman–Crippen LogP) is 3.63. The van der Waals surface area contributed by atoms with E-state index >= 15 is 0 Å². The Balaban J connectivity index is 2.48. The Kier molecular flexibility index (Phi) is 5.18. The van der Waals surface area contributed by atoms with Gasteiger partial charge in [-0.1, -0.05) is 37.7 Å². The van der Waals surface area contributed by atoms with Crippen molar-refractivity contribution in [1.29, 1.82) is 5.26 Å². The van der Waals surface area contributed by atoms with Crippen molar-refractivity contribution in [3.05, 3.63) is 41.1 Å². The van der Waals surface area contributed by atoms with Gasteiger partial charge in [-0.05, 0) is 30.5 Å². The molecule has 1 aromatic carbocycles. The maximum Gasteiger partial charge on any atom is 0.142 e.